The summed E-state index contributed by atoms with van der Waals surface area (Å²) in [7, 11) is 0. The molecule has 1 aromatic rings. The van der Waals surface area contributed by atoms with Gasteiger partial charge in [-0.15, -0.1) is 0 Å². The van der Waals surface area contributed by atoms with Crippen molar-refractivity contribution in [2.24, 2.45) is 16.9 Å². The molecule has 1 atom stereocenters. The van der Waals surface area contributed by atoms with Gasteiger partial charge in [-0.3, -0.25) is 5.01 Å². The Kier molecular flexibility index (Phi) is 4.07. The van der Waals surface area contributed by atoms with E-state index in [1.54, 1.807) is 0 Å². The monoisotopic (exact) mass is 276 g/mol. The summed E-state index contributed by atoms with van der Waals surface area (Å²) in [4.78, 5) is 0. The second kappa shape index (κ2) is 5.96. The van der Waals surface area contributed by atoms with Crippen LogP contribution in [0.25, 0.3) is 0 Å². The Morgan fingerprint density at radius 3 is 2.58 bits per heavy atom. The van der Waals surface area contributed by atoms with Gasteiger partial charge in [0.2, 0.25) is 0 Å². The number of rotatable bonds is 3. The molecule has 1 aliphatic heterocycles. The summed E-state index contributed by atoms with van der Waals surface area (Å²) < 4.78 is 0. The molecule has 1 aliphatic carbocycles. The Bertz CT molecular complexity index is 435. The lowest BCUT2D eigenvalue weighted by Gasteiger charge is -2.24. The molecule has 0 spiro atoms. The Morgan fingerprint density at radius 2 is 1.84 bits per heavy atom. The first kappa shape index (κ1) is 13.0. The normalized spacial score (nSPS) is 24.1. The number of nitrogens with zero attached hydrogens (tertiary/aromatic N) is 2. The molecule has 1 heterocycles. The lowest BCUT2D eigenvalue weighted by Crippen LogP contribution is -2.20. The summed E-state index contributed by atoms with van der Waals surface area (Å²) in [6.07, 6.45) is 10.6. The maximum Gasteiger partial charge on any atom is 0.0595 e. The van der Waals surface area contributed by atoms with Crippen LogP contribution in [0.15, 0.2) is 29.4 Å². The van der Waals surface area contributed by atoms with E-state index < -0.39 is 0 Å². The molecule has 1 saturated carbocycles. The zero-order valence-corrected chi connectivity index (χ0v) is 12.0. The molecule has 0 amide bonds. The lowest BCUT2D eigenvalue weighted by molar-refractivity contribution is 0.320. The highest BCUT2D eigenvalue weighted by Crippen LogP contribution is 2.31. The van der Waals surface area contributed by atoms with Crippen molar-refractivity contribution in [1.29, 1.82) is 0 Å². The average molecular weight is 277 g/mol. The highest BCUT2D eigenvalue weighted by Gasteiger charge is 2.23. The van der Waals surface area contributed by atoms with Crippen LogP contribution in [-0.4, -0.2) is 12.8 Å². The molecule has 0 radical (unpaired) electrons. The third-order valence-electron chi connectivity index (χ3n) is 4.31. The van der Waals surface area contributed by atoms with Gasteiger partial charge in [0.25, 0.3) is 0 Å². The smallest absolute Gasteiger partial charge is 0.0595 e. The zero-order chi connectivity index (χ0) is 13.1. The second-order valence-corrected chi connectivity index (χ2v) is 6.26. The van der Waals surface area contributed by atoms with E-state index in [-0.39, 0.29) is 0 Å². The van der Waals surface area contributed by atoms with Crippen molar-refractivity contribution < 1.29 is 0 Å². The van der Waals surface area contributed by atoms with E-state index in [4.69, 9.17) is 11.6 Å². The minimum absolute atomic E-state index is 0.624. The van der Waals surface area contributed by atoms with Crippen molar-refractivity contribution in [1.82, 2.24) is 0 Å². The van der Waals surface area contributed by atoms with Gasteiger partial charge in [0.15, 0.2) is 0 Å². The van der Waals surface area contributed by atoms with E-state index in [0.29, 0.717) is 5.92 Å². The van der Waals surface area contributed by atoms with Crippen LogP contribution in [0.1, 0.15) is 38.5 Å². The van der Waals surface area contributed by atoms with Crippen molar-refractivity contribution in [2.45, 2.75) is 38.5 Å². The fourth-order valence-electron chi connectivity index (χ4n) is 3.26. The van der Waals surface area contributed by atoms with E-state index >= 15 is 0 Å². The fraction of sp³-hybridized carbons (Fsp3) is 0.562. The van der Waals surface area contributed by atoms with Gasteiger partial charge in [-0.25, -0.2) is 0 Å². The van der Waals surface area contributed by atoms with E-state index in [1.807, 2.05) is 24.3 Å². The second-order valence-electron chi connectivity index (χ2n) is 5.82. The molecule has 19 heavy (non-hydrogen) atoms. The largest absolute Gasteiger partial charge is 0.265 e. The minimum atomic E-state index is 0.624. The summed E-state index contributed by atoms with van der Waals surface area (Å²) in [6, 6.07) is 7.95. The van der Waals surface area contributed by atoms with Crippen LogP contribution in [0, 0.1) is 11.8 Å². The van der Waals surface area contributed by atoms with Gasteiger partial charge >= 0.3 is 0 Å². The molecule has 0 N–H and O–H groups in total. The zero-order valence-electron chi connectivity index (χ0n) is 11.3. The van der Waals surface area contributed by atoms with Crippen molar-refractivity contribution in [3.8, 4) is 0 Å². The molecule has 102 valence electrons. The Balaban J connectivity index is 1.55. The van der Waals surface area contributed by atoms with Gasteiger partial charge in [0.1, 0.15) is 0 Å². The van der Waals surface area contributed by atoms with E-state index in [1.165, 1.54) is 38.5 Å². The van der Waals surface area contributed by atoms with Gasteiger partial charge < -0.3 is 0 Å². The highest BCUT2D eigenvalue weighted by atomic mass is 35.5. The van der Waals surface area contributed by atoms with Gasteiger partial charge in [-0.05, 0) is 36.6 Å². The molecule has 2 nitrogen and oxygen atoms in total. The Hall–Kier alpha value is -1.02. The molecule has 1 fully saturated rings. The predicted octanol–water partition coefficient (Wildman–Crippen LogP) is 4.73. The fourth-order valence-corrected chi connectivity index (χ4v) is 3.39. The maximum atomic E-state index is 5.92. The molecule has 3 rings (SSSR count). The van der Waals surface area contributed by atoms with Crippen LogP contribution in [0.4, 0.5) is 5.69 Å². The first-order chi connectivity index (χ1) is 9.31. The number of hydrogen-bond acceptors (Lipinski definition) is 2. The Morgan fingerprint density at radius 1 is 1.11 bits per heavy atom. The first-order valence-corrected chi connectivity index (χ1v) is 7.76. The van der Waals surface area contributed by atoms with Crippen LogP contribution in [0.2, 0.25) is 5.02 Å². The molecular formula is C16H21ClN2. The Labute approximate surface area is 120 Å². The van der Waals surface area contributed by atoms with Crippen LogP contribution in [-0.2, 0) is 0 Å². The summed E-state index contributed by atoms with van der Waals surface area (Å²) in [5.74, 6) is 1.55. The predicted molar refractivity (Wildman–Crippen MR) is 82.0 cm³/mol. The average Bonchev–Trinajstić information content (AvgIpc) is 2.89. The number of hydrogen-bond donors (Lipinski definition) is 0. The lowest BCUT2D eigenvalue weighted by atomic mass is 9.83. The van der Waals surface area contributed by atoms with Gasteiger partial charge in [-0.1, -0.05) is 43.7 Å². The number of hydrazone groups is 1. The third kappa shape index (κ3) is 3.30. The summed E-state index contributed by atoms with van der Waals surface area (Å²) in [5, 5.41) is 7.43. The summed E-state index contributed by atoms with van der Waals surface area (Å²) >= 11 is 5.92. The molecule has 0 saturated heterocycles. The standard InChI is InChI=1S/C16H21ClN2/c17-15-6-8-16(9-7-15)19-12-14(11-18-19)10-13-4-2-1-3-5-13/h6-9,11,13-14H,1-5,10,12H2. The number of benzene rings is 1. The molecule has 1 aromatic carbocycles. The highest BCUT2D eigenvalue weighted by molar-refractivity contribution is 6.30. The molecule has 2 aliphatic rings. The molecule has 0 bridgehead atoms. The van der Waals surface area contributed by atoms with Gasteiger partial charge in [0.05, 0.1) is 5.69 Å². The topological polar surface area (TPSA) is 15.6 Å². The molecule has 0 aromatic heterocycles. The molecule has 3 heteroatoms. The van der Waals surface area contributed by atoms with Crippen LogP contribution in [0.3, 0.4) is 0 Å². The van der Waals surface area contributed by atoms with E-state index in [2.05, 4.69) is 16.3 Å². The quantitative estimate of drug-likeness (QED) is 0.779. The van der Waals surface area contributed by atoms with E-state index in [0.717, 1.165) is 23.2 Å². The summed E-state index contributed by atoms with van der Waals surface area (Å²) in [5.41, 5.74) is 1.15. The summed E-state index contributed by atoms with van der Waals surface area (Å²) in [6.45, 7) is 1.03. The van der Waals surface area contributed by atoms with E-state index in [9.17, 15) is 0 Å². The van der Waals surface area contributed by atoms with Crippen LogP contribution in [0.5, 0.6) is 0 Å². The van der Waals surface area contributed by atoms with Crippen molar-refractivity contribution in [3.63, 3.8) is 0 Å². The SMILES string of the molecule is Clc1ccc(N2CC(CC3CCCCC3)C=N2)cc1. The molecular weight excluding hydrogens is 256 g/mol. The van der Waals surface area contributed by atoms with Gasteiger partial charge in [-0.2, -0.15) is 5.10 Å². The molecule has 1 unspecified atom stereocenters. The third-order valence-corrected chi connectivity index (χ3v) is 4.56. The van der Waals surface area contributed by atoms with Crippen molar-refractivity contribution in [3.05, 3.63) is 29.3 Å². The number of halogens is 1. The van der Waals surface area contributed by atoms with Crippen molar-refractivity contribution >= 4 is 23.5 Å². The van der Waals surface area contributed by atoms with Gasteiger partial charge in [0, 0.05) is 23.7 Å². The maximum absolute atomic E-state index is 5.92. The van der Waals surface area contributed by atoms with Crippen LogP contribution < -0.4 is 5.01 Å². The minimum Gasteiger partial charge on any atom is -0.265 e. The number of anilines is 1. The van der Waals surface area contributed by atoms with Crippen molar-refractivity contribution in [2.75, 3.05) is 11.6 Å². The first-order valence-electron chi connectivity index (χ1n) is 7.38. The van der Waals surface area contributed by atoms with Crippen LogP contribution >= 0.6 is 11.6 Å².